The van der Waals surface area contributed by atoms with Gasteiger partial charge in [-0.25, -0.2) is 8.42 Å². The highest BCUT2D eigenvalue weighted by molar-refractivity contribution is 7.85. The molecule has 2 rings (SSSR count). The van der Waals surface area contributed by atoms with Crippen molar-refractivity contribution in [1.29, 1.82) is 0 Å². The number of rotatable bonds is 2. The summed E-state index contributed by atoms with van der Waals surface area (Å²) in [5, 5.41) is 0. The van der Waals surface area contributed by atoms with E-state index in [1.165, 1.54) is 6.07 Å². The summed E-state index contributed by atoms with van der Waals surface area (Å²) in [6, 6.07) is 12.3. The van der Waals surface area contributed by atoms with Gasteiger partial charge in [-0.05, 0) is 31.0 Å². The zero-order chi connectivity index (χ0) is 14.8. The van der Waals surface area contributed by atoms with Gasteiger partial charge in [0.05, 0.1) is 10.5 Å². The third-order valence-electron chi connectivity index (χ3n) is 2.96. The lowest BCUT2D eigenvalue weighted by atomic mass is 9.95. The minimum absolute atomic E-state index is 0.267. The van der Waals surface area contributed by atoms with Gasteiger partial charge in [0.15, 0.2) is 0 Å². The third-order valence-corrected chi connectivity index (χ3v) is 3.84. The molecule has 0 aliphatic heterocycles. The first-order chi connectivity index (χ1) is 9.45. The number of aryl methyl sites for hydroxylation is 1. The van der Waals surface area contributed by atoms with Crippen LogP contribution in [0.3, 0.4) is 0 Å². The van der Waals surface area contributed by atoms with E-state index in [1.54, 1.807) is 13.0 Å². The quantitative estimate of drug-likeness (QED) is 0.629. The Labute approximate surface area is 119 Å². The second kappa shape index (κ2) is 5.49. The predicted molar refractivity (Wildman–Crippen MR) is 77.1 cm³/mol. The fourth-order valence-electron chi connectivity index (χ4n) is 2.12. The number of benzene rings is 2. The molecule has 0 aliphatic rings. The van der Waals surface area contributed by atoms with Gasteiger partial charge in [-0.2, -0.15) is 0 Å². The zero-order valence-corrected chi connectivity index (χ0v) is 12.0. The highest BCUT2D eigenvalue weighted by Gasteiger charge is 2.15. The average Bonchev–Trinajstić information content (AvgIpc) is 2.39. The maximum Gasteiger partial charge on any atom is 0.125 e. The van der Waals surface area contributed by atoms with Crippen LogP contribution in [0.4, 0.5) is 0 Å². The highest BCUT2D eigenvalue weighted by atomic mass is 32.2. The summed E-state index contributed by atoms with van der Waals surface area (Å²) in [6.45, 7) is 3.47. The van der Waals surface area contributed by atoms with Crippen molar-refractivity contribution >= 4 is 10.1 Å². The van der Waals surface area contributed by atoms with Crippen LogP contribution in [0.2, 0.25) is 0 Å². The van der Waals surface area contributed by atoms with E-state index in [9.17, 15) is 13.0 Å². The summed E-state index contributed by atoms with van der Waals surface area (Å²) in [6.07, 6.45) is 0. The Morgan fingerprint density at radius 3 is 2.25 bits per heavy atom. The molecule has 0 aromatic heterocycles. The Morgan fingerprint density at radius 2 is 1.70 bits per heavy atom. The van der Waals surface area contributed by atoms with Crippen molar-refractivity contribution in [2.24, 2.45) is 0 Å². The Bertz CT molecular complexity index is 795. The Hall–Kier alpha value is -2.09. The predicted octanol–water partition coefficient (Wildman–Crippen LogP) is 2.94. The molecule has 0 spiro atoms. The molecule has 0 saturated heterocycles. The maximum absolute atomic E-state index is 11.4. The van der Waals surface area contributed by atoms with E-state index in [0.29, 0.717) is 5.56 Å². The van der Waals surface area contributed by atoms with Gasteiger partial charge in [-0.3, -0.25) is 0 Å². The fourth-order valence-corrected chi connectivity index (χ4v) is 2.76. The van der Waals surface area contributed by atoms with E-state index in [-0.39, 0.29) is 10.5 Å². The number of hydrogen-bond acceptors (Lipinski definition) is 3. The molecule has 0 fully saturated rings. The number of hydrogen-bond donors (Lipinski definition) is 0. The molecule has 0 unspecified atom stereocenters. The van der Waals surface area contributed by atoms with Crippen LogP contribution >= 0.6 is 0 Å². The molecule has 0 aliphatic carbocycles. The lowest BCUT2D eigenvalue weighted by Gasteiger charge is -2.16. The SMILES string of the molecule is CC#Cc1c(S(=O)(=O)[O-])ccc(C)c1-c1ccccc1. The van der Waals surface area contributed by atoms with Gasteiger partial charge in [-0.15, -0.1) is 5.92 Å². The monoisotopic (exact) mass is 285 g/mol. The van der Waals surface area contributed by atoms with Gasteiger partial charge in [0.1, 0.15) is 10.1 Å². The molecule has 102 valence electrons. The molecule has 0 N–H and O–H groups in total. The molecule has 0 amide bonds. The van der Waals surface area contributed by atoms with Gasteiger partial charge in [0.25, 0.3) is 0 Å². The minimum Gasteiger partial charge on any atom is -0.744 e. The van der Waals surface area contributed by atoms with E-state index in [2.05, 4.69) is 11.8 Å². The second-order valence-corrected chi connectivity index (χ2v) is 5.67. The van der Waals surface area contributed by atoms with Crippen LogP contribution in [-0.4, -0.2) is 13.0 Å². The van der Waals surface area contributed by atoms with Crippen molar-refractivity contribution in [3.8, 4) is 23.0 Å². The first-order valence-electron chi connectivity index (χ1n) is 6.03. The molecule has 0 atom stereocenters. The van der Waals surface area contributed by atoms with Crippen molar-refractivity contribution in [3.05, 3.63) is 53.6 Å². The van der Waals surface area contributed by atoms with Crippen molar-refractivity contribution < 1.29 is 13.0 Å². The highest BCUT2D eigenvalue weighted by Crippen LogP contribution is 2.31. The van der Waals surface area contributed by atoms with Crippen LogP contribution in [-0.2, 0) is 10.1 Å². The summed E-state index contributed by atoms with van der Waals surface area (Å²) in [5.41, 5.74) is 2.68. The van der Waals surface area contributed by atoms with E-state index in [4.69, 9.17) is 0 Å². The first kappa shape index (κ1) is 14.3. The fraction of sp³-hybridized carbons (Fsp3) is 0.125. The Morgan fingerprint density at radius 1 is 1.05 bits per heavy atom. The van der Waals surface area contributed by atoms with Crippen molar-refractivity contribution in [2.45, 2.75) is 18.7 Å². The van der Waals surface area contributed by atoms with Crippen LogP contribution in [0, 0.1) is 18.8 Å². The van der Waals surface area contributed by atoms with Crippen molar-refractivity contribution in [2.75, 3.05) is 0 Å². The summed E-state index contributed by atoms with van der Waals surface area (Å²) < 4.78 is 34.2. The van der Waals surface area contributed by atoms with Gasteiger partial charge in [0.2, 0.25) is 0 Å². The smallest absolute Gasteiger partial charge is 0.125 e. The maximum atomic E-state index is 11.4. The average molecular weight is 285 g/mol. The molecule has 0 heterocycles. The van der Waals surface area contributed by atoms with E-state index >= 15 is 0 Å². The van der Waals surface area contributed by atoms with Crippen LogP contribution in [0.1, 0.15) is 18.1 Å². The normalized spacial score (nSPS) is 10.8. The summed E-state index contributed by atoms with van der Waals surface area (Å²) in [7, 11) is -4.56. The van der Waals surface area contributed by atoms with Gasteiger partial charge in [0, 0.05) is 5.56 Å². The van der Waals surface area contributed by atoms with Crippen LogP contribution in [0.5, 0.6) is 0 Å². The molecule has 0 saturated carbocycles. The van der Waals surface area contributed by atoms with E-state index in [1.807, 2.05) is 37.3 Å². The molecule has 2 aromatic carbocycles. The largest absolute Gasteiger partial charge is 0.744 e. The summed E-state index contributed by atoms with van der Waals surface area (Å²) in [5.74, 6) is 5.44. The van der Waals surface area contributed by atoms with Gasteiger partial charge < -0.3 is 4.55 Å². The van der Waals surface area contributed by atoms with Crippen molar-refractivity contribution in [1.82, 2.24) is 0 Å². The topological polar surface area (TPSA) is 57.2 Å². The van der Waals surface area contributed by atoms with Crippen LogP contribution < -0.4 is 0 Å². The molecule has 4 heteroatoms. The lowest BCUT2D eigenvalue weighted by molar-refractivity contribution is 0.463. The molecule has 0 radical (unpaired) electrons. The molecule has 20 heavy (non-hydrogen) atoms. The standard InChI is InChI=1S/C16H14O3S/c1-3-7-14-15(20(17,18)19)11-10-12(2)16(14)13-8-5-4-6-9-13/h4-6,8-11H,1-2H3,(H,17,18,19)/p-1. The summed E-state index contributed by atoms with van der Waals surface area (Å²) >= 11 is 0. The minimum atomic E-state index is -4.56. The third kappa shape index (κ3) is 2.74. The molecule has 2 aromatic rings. The van der Waals surface area contributed by atoms with Crippen LogP contribution in [0.25, 0.3) is 11.1 Å². The molecular formula is C16H13O3S-. The second-order valence-electron chi connectivity index (χ2n) is 4.33. The summed E-state index contributed by atoms with van der Waals surface area (Å²) in [4.78, 5) is -0.267. The van der Waals surface area contributed by atoms with Gasteiger partial charge >= 0.3 is 0 Å². The molecule has 3 nitrogen and oxygen atoms in total. The van der Waals surface area contributed by atoms with Gasteiger partial charge in [-0.1, -0.05) is 42.3 Å². The molecular weight excluding hydrogens is 272 g/mol. The Kier molecular flexibility index (Phi) is 3.93. The molecule has 0 bridgehead atoms. The first-order valence-corrected chi connectivity index (χ1v) is 7.43. The van der Waals surface area contributed by atoms with E-state index in [0.717, 1.165) is 11.1 Å². The zero-order valence-electron chi connectivity index (χ0n) is 11.2. The lowest BCUT2D eigenvalue weighted by Crippen LogP contribution is -2.04. The van der Waals surface area contributed by atoms with E-state index < -0.39 is 10.1 Å². The Balaban J connectivity index is 2.89. The van der Waals surface area contributed by atoms with Crippen LogP contribution in [0.15, 0.2) is 47.4 Å². The van der Waals surface area contributed by atoms with Crippen molar-refractivity contribution in [3.63, 3.8) is 0 Å².